The quantitative estimate of drug-likeness (QED) is 0.536. The van der Waals surface area contributed by atoms with Crippen molar-refractivity contribution in [1.29, 1.82) is 0 Å². The minimum atomic E-state index is -0.733. The van der Waals surface area contributed by atoms with E-state index in [-0.39, 0.29) is 0 Å². The van der Waals surface area contributed by atoms with Crippen LogP contribution in [0.1, 0.15) is 25.7 Å². The van der Waals surface area contributed by atoms with Crippen molar-refractivity contribution >= 4 is 0 Å². The summed E-state index contributed by atoms with van der Waals surface area (Å²) < 4.78 is 11.0. The van der Waals surface area contributed by atoms with Crippen LogP contribution in [0, 0.1) is 0 Å². The van der Waals surface area contributed by atoms with Crippen LogP contribution in [0.5, 0.6) is 0 Å². The van der Waals surface area contributed by atoms with Gasteiger partial charge in [-0.05, 0) is 25.7 Å². The first-order valence-electron chi connectivity index (χ1n) is 4.52. The molecule has 0 aromatic rings. The lowest BCUT2D eigenvalue weighted by atomic mass is 9.83. The molecule has 2 unspecified atom stereocenters. The van der Waals surface area contributed by atoms with Crippen LogP contribution in [0.2, 0.25) is 0 Å². The van der Waals surface area contributed by atoms with Gasteiger partial charge in [-0.2, -0.15) is 0 Å². The third kappa shape index (κ3) is 1.07. The van der Waals surface area contributed by atoms with E-state index in [1.807, 2.05) is 0 Å². The highest BCUT2D eigenvalue weighted by atomic mass is 16.6. The molecule has 0 spiro atoms. The van der Waals surface area contributed by atoms with Gasteiger partial charge in [-0.3, -0.25) is 11.5 Å². The molecule has 70 valence electrons. The molecule has 2 atom stereocenters. The van der Waals surface area contributed by atoms with Gasteiger partial charge in [0.2, 0.25) is 0 Å². The number of ether oxygens (including phenoxy) is 2. The van der Waals surface area contributed by atoms with Gasteiger partial charge in [0, 0.05) is 0 Å². The molecule has 2 fully saturated rings. The first-order chi connectivity index (χ1) is 5.66. The van der Waals surface area contributed by atoms with Crippen LogP contribution in [0.25, 0.3) is 0 Å². The average Bonchev–Trinajstić information content (AvgIpc) is 2.05. The van der Waals surface area contributed by atoms with Crippen molar-refractivity contribution in [2.75, 3.05) is 13.2 Å². The van der Waals surface area contributed by atoms with E-state index in [1.54, 1.807) is 0 Å². The molecule has 4 heteroatoms. The SMILES string of the molecule is NC12CCCCC1(N)OCCO2. The predicted octanol–water partition coefficient (Wildman–Crippen LogP) is -0.0828. The first kappa shape index (κ1) is 8.44. The molecule has 1 heterocycles. The number of rotatable bonds is 0. The minimum absolute atomic E-state index is 0.565. The van der Waals surface area contributed by atoms with Crippen LogP contribution >= 0.6 is 0 Å². The zero-order valence-corrected chi connectivity index (χ0v) is 7.21. The monoisotopic (exact) mass is 172 g/mol. The number of hydrogen-bond acceptors (Lipinski definition) is 4. The molecule has 0 aromatic carbocycles. The highest BCUT2D eigenvalue weighted by molar-refractivity contribution is 4.99. The van der Waals surface area contributed by atoms with E-state index in [4.69, 9.17) is 20.9 Å². The van der Waals surface area contributed by atoms with Crippen molar-refractivity contribution < 1.29 is 9.47 Å². The molecule has 1 saturated carbocycles. The summed E-state index contributed by atoms with van der Waals surface area (Å²) in [5.41, 5.74) is 10.6. The van der Waals surface area contributed by atoms with E-state index in [0.29, 0.717) is 13.2 Å². The Morgan fingerprint density at radius 1 is 0.833 bits per heavy atom. The third-order valence-electron chi connectivity index (χ3n) is 2.87. The van der Waals surface area contributed by atoms with E-state index < -0.39 is 11.4 Å². The Morgan fingerprint density at radius 2 is 1.25 bits per heavy atom. The predicted molar refractivity (Wildman–Crippen MR) is 44.2 cm³/mol. The summed E-state index contributed by atoms with van der Waals surface area (Å²) in [6, 6.07) is 0. The van der Waals surface area contributed by atoms with Crippen LogP contribution in [-0.4, -0.2) is 24.7 Å². The van der Waals surface area contributed by atoms with E-state index >= 15 is 0 Å². The molecular weight excluding hydrogens is 156 g/mol. The maximum absolute atomic E-state index is 6.03. The Hall–Kier alpha value is -0.160. The fraction of sp³-hybridized carbons (Fsp3) is 1.00. The maximum Gasteiger partial charge on any atom is 0.159 e. The summed E-state index contributed by atoms with van der Waals surface area (Å²) in [5, 5.41) is 0. The van der Waals surface area contributed by atoms with Crippen LogP contribution < -0.4 is 11.5 Å². The largest absolute Gasteiger partial charge is 0.354 e. The first-order valence-corrected chi connectivity index (χ1v) is 4.52. The summed E-state index contributed by atoms with van der Waals surface area (Å²) in [4.78, 5) is 0. The van der Waals surface area contributed by atoms with Gasteiger partial charge in [0.15, 0.2) is 11.4 Å². The Morgan fingerprint density at radius 3 is 1.67 bits per heavy atom. The molecule has 0 amide bonds. The van der Waals surface area contributed by atoms with Crippen molar-refractivity contribution in [3.05, 3.63) is 0 Å². The van der Waals surface area contributed by atoms with Crippen LogP contribution in [-0.2, 0) is 9.47 Å². The Bertz CT molecular complexity index is 152. The molecule has 2 rings (SSSR count). The van der Waals surface area contributed by atoms with Crippen LogP contribution in [0.15, 0.2) is 0 Å². The summed E-state index contributed by atoms with van der Waals surface area (Å²) >= 11 is 0. The van der Waals surface area contributed by atoms with Gasteiger partial charge in [0.05, 0.1) is 13.2 Å². The van der Waals surface area contributed by atoms with E-state index in [1.165, 1.54) is 0 Å². The second-order valence-corrected chi connectivity index (χ2v) is 3.68. The van der Waals surface area contributed by atoms with Gasteiger partial charge in [-0.1, -0.05) is 0 Å². The molecule has 12 heavy (non-hydrogen) atoms. The Balaban J connectivity index is 2.20. The number of fused-ring (bicyclic) bond motifs is 1. The highest BCUT2D eigenvalue weighted by Crippen LogP contribution is 2.37. The lowest BCUT2D eigenvalue weighted by Gasteiger charge is -2.50. The highest BCUT2D eigenvalue weighted by Gasteiger charge is 2.52. The van der Waals surface area contributed by atoms with Crippen molar-refractivity contribution in [2.24, 2.45) is 11.5 Å². The van der Waals surface area contributed by atoms with E-state index in [0.717, 1.165) is 25.7 Å². The third-order valence-corrected chi connectivity index (χ3v) is 2.87. The van der Waals surface area contributed by atoms with E-state index in [9.17, 15) is 0 Å². The number of hydrogen-bond donors (Lipinski definition) is 2. The van der Waals surface area contributed by atoms with Gasteiger partial charge in [0.25, 0.3) is 0 Å². The topological polar surface area (TPSA) is 70.5 Å². The standard InChI is InChI=1S/C8H16N2O2/c9-7-3-1-2-4-8(7,10)12-6-5-11-7/h1-6,9-10H2. The molecule has 0 bridgehead atoms. The van der Waals surface area contributed by atoms with Crippen molar-refractivity contribution in [3.63, 3.8) is 0 Å². The van der Waals surface area contributed by atoms with Gasteiger partial charge < -0.3 is 9.47 Å². The molecule has 4 N–H and O–H groups in total. The number of nitrogens with two attached hydrogens (primary N) is 2. The van der Waals surface area contributed by atoms with Gasteiger partial charge in [-0.25, -0.2) is 0 Å². The molecule has 0 aromatic heterocycles. The average molecular weight is 172 g/mol. The zero-order valence-electron chi connectivity index (χ0n) is 7.21. The van der Waals surface area contributed by atoms with Crippen molar-refractivity contribution in [3.8, 4) is 0 Å². The Labute approximate surface area is 72.2 Å². The molecule has 0 radical (unpaired) electrons. The maximum atomic E-state index is 6.03. The van der Waals surface area contributed by atoms with Gasteiger partial charge in [0.1, 0.15) is 0 Å². The van der Waals surface area contributed by atoms with Crippen molar-refractivity contribution in [2.45, 2.75) is 37.1 Å². The minimum Gasteiger partial charge on any atom is -0.354 e. The second kappa shape index (κ2) is 2.67. The fourth-order valence-electron chi connectivity index (χ4n) is 2.03. The lowest BCUT2D eigenvalue weighted by Crippen LogP contribution is -2.72. The van der Waals surface area contributed by atoms with Crippen LogP contribution in [0.4, 0.5) is 0 Å². The molecule has 1 aliphatic heterocycles. The molecule has 1 aliphatic carbocycles. The molecule has 2 aliphatic rings. The second-order valence-electron chi connectivity index (χ2n) is 3.68. The fourth-order valence-corrected chi connectivity index (χ4v) is 2.03. The Kier molecular flexibility index (Phi) is 1.88. The molecular formula is C8H16N2O2. The summed E-state index contributed by atoms with van der Waals surface area (Å²) in [5.74, 6) is 0. The zero-order chi connectivity index (χ0) is 8.66. The van der Waals surface area contributed by atoms with Crippen LogP contribution in [0.3, 0.4) is 0 Å². The van der Waals surface area contributed by atoms with Crippen molar-refractivity contribution in [1.82, 2.24) is 0 Å². The van der Waals surface area contributed by atoms with Gasteiger partial charge in [-0.15, -0.1) is 0 Å². The van der Waals surface area contributed by atoms with E-state index in [2.05, 4.69) is 0 Å². The lowest BCUT2D eigenvalue weighted by molar-refractivity contribution is -0.271. The smallest absolute Gasteiger partial charge is 0.159 e. The molecule has 1 saturated heterocycles. The normalized spacial score (nSPS) is 48.5. The molecule has 4 nitrogen and oxygen atoms in total. The van der Waals surface area contributed by atoms with Gasteiger partial charge >= 0.3 is 0 Å². The summed E-state index contributed by atoms with van der Waals surface area (Å²) in [6.45, 7) is 1.13. The summed E-state index contributed by atoms with van der Waals surface area (Å²) in [6.07, 6.45) is 3.78. The summed E-state index contributed by atoms with van der Waals surface area (Å²) in [7, 11) is 0.